The first-order chi connectivity index (χ1) is 9.31. The van der Waals surface area contributed by atoms with Crippen molar-refractivity contribution in [1.82, 2.24) is 19.9 Å². The lowest BCUT2D eigenvalue weighted by Crippen LogP contribution is -2.21. The minimum Gasteiger partial charge on any atom is -0.465 e. The topological polar surface area (TPSA) is 69.0 Å². The van der Waals surface area contributed by atoms with Crippen molar-refractivity contribution in [2.24, 2.45) is 0 Å². The summed E-state index contributed by atoms with van der Waals surface area (Å²) in [6.45, 7) is 2.12. The molecule has 1 N–H and O–H groups in total. The van der Waals surface area contributed by atoms with Crippen molar-refractivity contribution in [2.75, 3.05) is 13.7 Å². The number of imidazole rings is 1. The molecule has 0 spiro atoms. The van der Waals surface area contributed by atoms with Crippen LogP contribution >= 0.6 is 0 Å². The minimum atomic E-state index is -0.362. The molecular weight excluding hydrogens is 244 g/mol. The maximum absolute atomic E-state index is 11.6. The first kappa shape index (κ1) is 13.2. The minimum absolute atomic E-state index is 0.362. The van der Waals surface area contributed by atoms with Crippen molar-refractivity contribution >= 4 is 5.97 Å². The van der Waals surface area contributed by atoms with Gasteiger partial charge in [-0.05, 0) is 12.1 Å². The second-order valence-corrected chi connectivity index (χ2v) is 3.97. The summed E-state index contributed by atoms with van der Waals surface area (Å²) in [5.74, 6) is -0.362. The van der Waals surface area contributed by atoms with Gasteiger partial charge in [-0.1, -0.05) is 0 Å². The van der Waals surface area contributed by atoms with Crippen LogP contribution in [-0.4, -0.2) is 34.2 Å². The highest BCUT2D eigenvalue weighted by Gasteiger charge is 2.11. The van der Waals surface area contributed by atoms with E-state index in [2.05, 4.69) is 15.3 Å². The van der Waals surface area contributed by atoms with Gasteiger partial charge in [-0.25, -0.2) is 9.78 Å². The Kier molecular flexibility index (Phi) is 4.63. The molecule has 0 aliphatic rings. The normalized spacial score (nSPS) is 10.4. The van der Waals surface area contributed by atoms with E-state index in [0.29, 0.717) is 17.8 Å². The summed E-state index contributed by atoms with van der Waals surface area (Å²) in [5, 5.41) is 3.24. The Balaban J connectivity index is 1.87. The van der Waals surface area contributed by atoms with Gasteiger partial charge in [0.2, 0.25) is 0 Å². The van der Waals surface area contributed by atoms with E-state index in [1.807, 2.05) is 10.8 Å². The van der Waals surface area contributed by atoms with Crippen molar-refractivity contribution in [3.05, 3.63) is 48.3 Å². The molecule has 0 unspecified atom stereocenters. The summed E-state index contributed by atoms with van der Waals surface area (Å²) in [4.78, 5) is 19.7. The quantitative estimate of drug-likeness (QED) is 0.616. The average Bonchev–Trinajstić information content (AvgIpc) is 2.96. The third-order valence-corrected chi connectivity index (χ3v) is 2.69. The average molecular weight is 260 g/mol. The third kappa shape index (κ3) is 3.62. The summed E-state index contributed by atoms with van der Waals surface area (Å²) in [5.41, 5.74) is 1.19. The monoisotopic (exact) mass is 260 g/mol. The molecule has 2 rings (SSSR count). The molecule has 2 aromatic heterocycles. The largest absolute Gasteiger partial charge is 0.465 e. The van der Waals surface area contributed by atoms with E-state index in [1.54, 1.807) is 30.9 Å². The number of methoxy groups -OCH3 is 1. The lowest BCUT2D eigenvalue weighted by molar-refractivity contribution is 0.0598. The Morgan fingerprint density at radius 3 is 3.11 bits per heavy atom. The lowest BCUT2D eigenvalue weighted by atomic mass is 10.2. The number of carbonyl (C=O) groups excluding carboxylic acids is 1. The van der Waals surface area contributed by atoms with Crippen molar-refractivity contribution in [3.8, 4) is 0 Å². The van der Waals surface area contributed by atoms with Gasteiger partial charge >= 0.3 is 5.97 Å². The second kappa shape index (κ2) is 6.65. The Morgan fingerprint density at radius 1 is 1.47 bits per heavy atom. The molecule has 2 aromatic rings. The highest BCUT2D eigenvalue weighted by atomic mass is 16.5. The van der Waals surface area contributed by atoms with E-state index in [0.717, 1.165) is 13.1 Å². The Morgan fingerprint density at radius 2 is 2.37 bits per heavy atom. The van der Waals surface area contributed by atoms with Crippen molar-refractivity contribution < 1.29 is 9.53 Å². The fraction of sp³-hybridized carbons (Fsp3) is 0.308. The molecule has 0 amide bonds. The molecule has 0 aliphatic heterocycles. The zero-order chi connectivity index (χ0) is 13.5. The number of hydrogen-bond acceptors (Lipinski definition) is 5. The van der Waals surface area contributed by atoms with Gasteiger partial charge in [0.15, 0.2) is 0 Å². The molecule has 0 atom stereocenters. The van der Waals surface area contributed by atoms with Crippen LogP contribution in [0.2, 0.25) is 0 Å². The van der Waals surface area contributed by atoms with Gasteiger partial charge in [0.05, 0.1) is 24.7 Å². The lowest BCUT2D eigenvalue weighted by Gasteiger charge is -2.08. The summed E-state index contributed by atoms with van der Waals surface area (Å²) in [6, 6.07) is 3.44. The van der Waals surface area contributed by atoms with E-state index in [9.17, 15) is 4.79 Å². The molecule has 6 heteroatoms. The number of nitrogens with zero attached hydrogens (tertiary/aromatic N) is 3. The smallest absolute Gasteiger partial charge is 0.339 e. The first-order valence-electron chi connectivity index (χ1n) is 6.00. The summed E-state index contributed by atoms with van der Waals surface area (Å²) in [7, 11) is 1.37. The third-order valence-electron chi connectivity index (χ3n) is 2.69. The van der Waals surface area contributed by atoms with Crippen LogP contribution in [0.15, 0.2) is 37.1 Å². The standard InChI is InChI=1S/C13H16N4O2/c1-19-13(18)11-3-2-4-16-12(11)9-14-5-7-17-8-6-15-10-17/h2-4,6,8,10,14H,5,7,9H2,1H3. The molecule has 0 saturated carbocycles. The molecular formula is C13H16N4O2. The van der Waals surface area contributed by atoms with Gasteiger partial charge in [-0.2, -0.15) is 0 Å². The molecule has 0 bridgehead atoms. The predicted octanol–water partition coefficient (Wildman–Crippen LogP) is 0.854. The molecule has 19 heavy (non-hydrogen) atoms. The summed E-state index contributed by atoms with van der Waals surface area (Å²) >= 11 is 0. The van der Waals surface area contributed by atoms with Crippen LogP contribution in [0.3, 0.4) is 0 Å². The van der Waals surface area contributed by atoms with Gasteiger partial charge in [0.1, 0.15) is 0 Å². The molecule has 0 radical (unpaired) electrons. The Hall–Kier alpha value is -2.21. The maximum atomic E-state index is 11.6. The van der Waals surface area contributed by atoms with E-state index in [4.69, 9.17) is 4.74 Å². The number of hydrogen-bond donors (Lipinski definition) is 1. The van der Waals surface area contributed by atoms with E-state index in [-0.39, 0.29) is 5.97 Å². The molecule has 0 aromatic carbocycles. The van der Waals surface area contributed by atoms with Crippen molar-refractivity contribution in [3.63, 3.8) is 0 Å². The van der Waals surface area contributed by atoms with Crippen molar-refractivity contribution in [2.45, 2.75) is 13.1 Å². The van der Waals surface area contributed by atoms with Crippen LogP contribution in [0.4, 0.5) is 0 Å². The first-order valence-corrected chi connectivity index (χ1v) is 6.00. The predicted molar refractivity (Wildman–Crippen MR) is 69.5 cm³/mol. The second-order valence-electron chi connectivity index (χ2n) is 3.97. The van der Waals surface area contributed by atoms with Gasteiger partial charge in [0.25, 0.3) is 0 Å². The van der Waals surface area contributed by atoms with Crippen LogP contribution in [0.25, 0.3) is 0 Å². The summed E-state index contributed by atoms with van der Waals surface area (Å²) < 4.78 is 6.70. The number of rotatable bonds is 6. The number of aromatic nitrogens is 3. The van der Waals surface area contributed by atoms with Gasteiger partial charge < -0.3 is 14.6 Å². The SMILES string of the molecule is COC(=O)c1cccnc1CNCCn1ccnc1. The molecule has 0 fully saturated rings. The van der Waals surface area contributed by atoms with Crippen LogP contribution in [0, 0.1) is 0 Å². The molecule has 0 aliphatic carbocycles. The number of esters is 1. The van der Waals surface area contributed by atoms with Crippen LogP contribution in [0.1, 0.15) is 16.1 Å². The highest BCUT2D eigenvalue weighted by Crippen LogP contribution is 2.06. The van der Waals surface area contributed by atoms with E-state index >= 15 is 0 Å². The summed E-state index contributed by atoms with van der Waals surface area (Å²) in [6.07, 6.45) is 7.08. The Labute approximate surface area is 111 Å². The van der Waals surface area contributed by atoms with Gasteiger partial charge in [-0.3, -0.25) is 4.98 Å². The fourth-order valence-electron chi connectivity index (χ4n) is 1.71. The number of pyridine rings is 1. The fourth-order valence-corrected chi connectivity index (χ4v) is 1.71. The van der Waals surface area contributed by atoms with Gasteiger partial charge in [-0.15, -0.1) is 0 Å². The maximum Gasteiger partial charge on any atom is 0.339 e. The van der Waals surface area contributed by atoms with Crippen LogP contribution in [0.5, 0.6) is 0 Å². The van der Waals surface area contributed by atoms with Crippen molar-refractivity contribution in [1.29, 1.82) is 0 Å². The molecule has 6 nitrogen and oxygen atoms in total. The van der Waals surface area contributed by atoms with Gasteiger partial charge in [0, 0.05) is 38.2 Å². The zero-order valence-electron chi connectivity index (χ0n) is 10.7. The molecule has 2 heterocycles. The number of nitrogens with one attached hydrogen (secondary N) is 1. The highest BCUT2D eigenvalue weighted by molar-refractivity contribution is 5.90. The zero-order valence-corrected chi connectivity index (χ0v) is 10.7. The number of carbonyl (C=O) groups is 1. The number of ether oxygens (including phenoxy) is 1. The molecule has 100 valence electrons. The van der Waals surface area contributed by atoms with E-state index < -0.39 is 0 Å². The van der Waals surface area contributed by atoms with E-state index in [1.165, 1.54) is 7.11 Å². The molecule has 0 saturated heterocycles. The Bertz CT molecular complexity index is 525. The van der Waals surface area contributed by atoms with Crippen LogP contribution in [-0.2, 0) is 17.8 Å². The van der Waals surface area contributed by atoms with Crippen LogP contribution < -0.4 is 5.32 Å².